The Morgan fingerprint density at radius 1 is 1.47 bits per heavy atom. The summed E-state index contributed by atoms with van der Waals surface area (Å²) in [7, 11) is 0. The van der Waals surface area contributed by atoms with Gasteiger partial charge in [0.25, 0.3) is 11.8 Å². The van der Waals surface area contributed by atoms with E-state index >= 15 is 0 Å². The standard InChI is InChI=1S/C11H13N3O3/c1-6(15)8(12)5-14-10(16)7-3-2-4-13-9(7)11(14)17/h2-4,6,8,15H,5,12H2,1H3. The number of nitrogens with two attached hydrogens (primary N) is 1. The Labute approximate surface area is 98.1 Å². The minimum Gasteiger partial charge on any atom is -0.392 e. The quantitative estimate of drug-likeness (QED) is 0.681. The smallest absolute Gasteiger partial charge is 0.280 e. The Balaban J connectivity index is 2.25. The number of hydrogen-bond acceptors (Lipinski definition) is 5. The van der Waals surface area contributed by atoms with E-state index in [1.54, 1.807) is 12.1 Å². The molecule has 0 aromatic carbocycles. The molecule has 0 saturated heterocycles. The van der Waals surface area contributed by atoms with E-state index in [0.717, 1.165) is 4.90 Å². The van der Waals surface area contributed by atoms with Crippen LogP contribution in [-0.2, 0) is 0 Å². The summed E-state index contributed by atoms with van der Waals surface area (Å²) >= 11 is 0. The highest BCUT2D eigenvalue weighted by Gasteiger charge is 2.37. The van der Waals surface area contributed by atoms with Crippen molar-refractivity contribution in [3.8, 4) is 0 Å². The molecule has 17 heavy (non-hydrogen) atoms. The first-order chi connectivity index (χ1) is 8.02. The molecule has 2 heterocycles. The van der Waals surface area contributed by atoms with Crippen molar-refractivity contribution >= 4 is 11.8 Å². The second-order valence-electron chi connectivity index (χ2n) is 4.02. The molecule has 2 atom stereocenters. The average molecular weight is 235 g/mol. The SMILES string of the molecule is CC(O)C(N)CN1C(=O)c2cccnc2C1=O. The van der Waals surface area contributed by atoms with Crippen molar-refractivity contribution in [3.05, 3.63) is 29.6 Å². The van der Waals surface area contributed by atoms with Crippen LogP contribution in [0.3, 0.4) is 0 Å². The van der Waals surface area contributed by atoms with Gasteiger partial charge in [0.1, 0.15) is 5.69 Å². The Kier molecular flexibility index (Phi) is 2.91. The summed E-state index contributed by atoms with van der Waals surface area (Å²) in [6, 6.07) is 2.50. The number of fused-ring (bicyclic) bond motifs is 1. The first-order valence-electron chi connectivity index (χ1n) is 5.27. The fourth-order valence-corrected chi connectivity index (χ4v) is 1.64. The van der Waals surface area contributed by atoms with Gasteiger partial charge in [-0.05, 0) is 19.1 Å². The molecule has 0 spiro atoms. The molecule has 6 nitrogen and oxygen atoms in total. The summed E-state index contributed by atoms with van der Waals surface area (Å²) < 4.78 is 0. The minimum absolute atomic E-state index is 0.00824. The van der Waals surface area contributed by atoms with Gasteiger partial charge in [-0.25, -0.2) is 0 Å². The van der Waals surface area contributed by atoms with Crippen molar-refractivity contribution in [2.75, 3.05) is 6.54 Å². The molecule has 1 aliphatic rings. The molecular formula is C11H13N3O3. The van der Waals surface area contributed by atoms with Crippen LogP contribution in [0.2, 0.25) is 0 Å². The van der Waals surface area contributed by atoms with E-state index in [1.807, 2.05) is 0 Å². The van der Waals surface area contributed by atoms with Crippen LogP contribution in [0.1, 0.15) is 27.8 Å². The maximum Gasteiger partial charge on any atom is 0.280 e. The Morgan fingerprint density at radius 3 is 2.76 bits per heavy atom. The number of aliphatic hydroxyl groups excluding tert-OH is 1. The molecule has 0 saturated carbocycles. The summed E-state index contributed by atoms with van der Waals surface area (Å²) in [5.41, 5.74) is 6.07. The number of pyridine rings is 1. The number of rotatable bonds is 3. The largest absolute Gasteiger partial charge is 0.392 e. The van der Waals surface area contributed by atoms with Gasteiger partial charge in [-0.1, -0.05) is 0 Å². The molecule has 1 aliphatic heterocycles. The van der Waals surface area contributed by atoms with E-state index in [2.05, 4.69) is 4.98 Å². The first-order valence-corrected chi connectivity index (χ1v) is 5.27. The molecule has 0 aliphatic carbocycles. The lowest BCUT2D eigenvalue weighted by Gasteiger charge is -2.20. The van der Waals surface area contributed by atoms with Crippen LogP contribution in [-0.4, -0.2) is 45.5 Å². The van der Waals surface area contributed by atoms with Crippen molar-refractivity contribution in [1.82, 2.24) is 9.88 Å². The lowest BCUT2D eigenvalue weighted by Crippen LogP contribution is -2.46. The van der Waals surface area contributed by atoms with Crippen LogP contribution in [0.15, 0.2) is 18.3 Å². The van der Waals surface area contributed by atoms with Crippen molar-refractivity contribution in [2.24, 2.45) is 5.73 Å². The third-order valence-corrected chi connectivity index (χ3v) is 2.74. The fourth-order valence-electron chi connectivity index (χ4n) is 1.64. The number of hydrogen-bond donors (Lipinski definition) is 2. The number of aromatic nitrogens is 1. The van der Waals surface area contributed by atoms with Gasteiger partial charge >= 0.3 is 0 Å². The Bertz CT molecular complexity index is 438. The summed E-state index contributed by atoms with van der Waals surface area (Å²) in [4.78, 5) is 28.7. The molecule has 1 aromatic rings. The van der Waals surface area contributed by atoms with Crippen LogP contribution in [0.4, 0.5) is 0 Å². The van der Waals surface area contributed by atoms with E-state index in [1.165, 1.54) is 13.1 Å². The van der Waals surface area contributed by atoms with Gasteiger partial charge in [-0.3, -0.25) is 19.5 Å². The van der Waals surface area contributed by atoms with Crippen LogP contribution in [0, 0.1) is 0 Å². The van der Waals surface area contributed by atoms with Gasteiger partial charge in [-0.15, -0.1) is 0 Å². The molecule has 90 valence electrons. The first kappa shape index (κ1) is 11.7. The van der Waals surface area contributed by atoms with Crippen molar-refractivity contribution in [1.29, 1.82) is 0 Å². The zero-order valence-corrected chi connectivity index (χ0v) is 9.33. The summed E-state index contributed by atoms with van der Waals surface area (Å²) in [5.74, 6) is -0.865. The highest BCUT2D eigenvalue weighted by atomic mass is 16.3. The highest BCUT2D eigenvalue weighted by Crippen LogP contribution is 2.20. The number of amides is 2. The lowest BCUT2D eigenvalue weighted by molar-refractivity contribution is 0.0605. The molecule has 0 bridgehead atoms. The van der Waals surface area contributed by atoms with Crippen molar-refractivity contribution < 1.29 is 14.7 Å². The normalized spacial score (nSPS) is 18.2. The van der Waals surface area contributed by atoms with Crippen molar-refractivity contribution in [2.45, 2.75) is 19.1 Å². The van der Waals surface area contributed by atoms with Gasteiger partial charge < -0.3 is 10.8 Å². The highest BCUT2D eigenvalue weighted by molar-refractivity contribution is 6.20. The van der Waals surface area contributed by atoms with Crippen LogP contribution >= 0.6 is 0 Å². The number of imide groups is 1. The molecule has 0 radical (unpaired) electrons. The van der Waals surface area contributed by atoms with Crippen LogP contribution in [0.5, 0.6) is 0 Å². The maximum absolute atomic E-state index is 11.9. The second kappa shape index (κ2) is 4.23. The Morgan fingerprint density at radius 2 is 2.18 bits per heavy atom. The van der Waals surface area contributed by atoms with E-state index in [0.29, 0.717) is 0 Å². The maximum atomic E-state index is 11.9. The molecule has 0 fully saturated rings. The van der Waals surface area contributed by atoms with E-state index in [-0.39, 0.29) is 17.8 Å². The van der Waals surface area contributed by atoms with E-state index < -0.39 is 24.0 Å². The van der Waals surface area contributed by atoms with Gasteiger partial charge in [0, 0.05) is 18.8 Å². The van der Waals surface area contributed by atoms with Gasteiger partial charge in [-0.2, -0.15) is 0 Å². The van der Waals surface area contributed by atoms with E-state index in [4.69, 9.17) is 5.73 Å². The summed E-state index contributed by atoms with van der Waals surface area (Å²) in [5, 5.41) is 9.28. The fraction of sp³-hybridized carbons (Fsp3) is 0.364. The summed E-state index contributed by atoms with van der Waals surface area (Å²) in [6.07, 6.45) is 0.675. The molecular weight excluding hydrogens is 222 g/mol. The van der Waals surface area contributed by atoms with Crippen molar-refractivity contribution in [3.63, 3.8) is 0 Å². The Hall–Kier alpha value is -1.79. The summed E-state index contributed by atoms with van der Waals surface area (Å²) in [6.45, 7) is 1.51. The predicted molar refractivity (Wildman–Crippen MR) is 59.3 cm³/mol. The molecule has 3 N–H and O–H groups in total. The van der Waals surface area contributed by atoms with Crippen LogP contribution < -0.4 is 5.73 Å². The van der Waals surface area contributed by atoms with Crippen LogP contribution in [0.25, 0.3) is 0 Å². The number of aliphatic hydroxyl groups is 1. The number of carbonyl (C=O) groups is 2. The zero-order chi connectivity index (χ0) is 12.6. The molecule has 6 heteroatoms. The average Bonchev–Trinajstić information content (AvgIpc) is 2.55. The lowest BCUT2D eigenvalue weighted by atomic mass is 10.2. The third-order valence-electron chi connectivity index (χ3n) is 2.74. The third kappa shape index (κ3) is 1.92. The second-order valence-corrected chi connectivity index (χ2v) is 4.02. The van der Waals surface area contributed by atoms with Gasteiger partial charge in [0.15, 0.2) is 0 Å². The monoisotopic (exact) mass is 235 g/mol. The van der Waals surface area contributed by atoms with Gasteiger partial charge in [0.05, 0.1) is 11.7 Å². The molecule has 2 amide bonds. The van der Waals surface area contributed by atoms with Gasteiger partial charge in [0.2, 0.25) is 0 Å². The zero-order valence-electron chi connectivity index (χ0n) is 9.33. The molecule has 2 rings (SSSR count). The van der Waals surface area contributed by atoms with E-state index in [9.17, 15) is 14.7 Å². The number of nitrogens with zero attached hydrogens (tertiary/aromatic N) is 2. The molecule has 2 unspecified atom stereocenters. The molecule has 1 aromatic heterocycles. The topological polar surface area (TPSA) is 96.5 Å². The minimum atomic E-state index is -0.785. The number of carbonyl (C=O) groups excluding carboxylic acids is 2. The predicted octanol–water partition coefficient (Wildman–Crippen LogP) is -0.614.